The normalized spacial score (nSPS) is 15.8. The molecule has 1 aliphatic rings. The van der Waals surface area contributed by atoms with Gasteiger partial charge in [0.1, 0.15) is 11.8 Å². The summed E-state index contributed by atoms with van der Waals surface area (Å²) in [4.78, 5) is 0. The smallest absolute Gasteiger partial charge is 0.105 e. The van der Waals surface area contributed by atoms with E-state index in [4.69, 9.17) is 5.26 Å². The maximum absolute atomic E-state index is 8.85. The monoisotopic (exact) mass is 200 g/mol. The third-order valence-electron chi connectivity index (χ3n) is 2.39. The average Bonchev–Trinajstić information content (AvgIpc) is 2.79. The van der Waals surface area contributed by atoms with Crippen LogP contribution in [0.5, 0.6) is 0 Å². The van der Waals surface area contributed by atoms with E-state index >= 15 is 0 Å². The zero-order valence-corrected chi connectivity index (χ0v) is 8.43. The Balaban J connectivity index is 2.13. The van der Waals surface area contributed by atoms with Crippen molar-refractivity contribution in [2.75, 3.05) is 13.1 Å². The first-order valence-electron chi connectivity index (χ1n) is 5.06. The van der Waals surface area contributed by atoms with E-state index in [1.807, 2.05) is 17.1 Å². The lowest BCUT2D eigenvalue weighted by molar-refractivity contribution is 0.336. The zero-order valence-electron chi connectivity index (χ0n) is 8.43. The molecule has 1 heterocycles. The molecule has 76 valence electrons. The topological polar surface area (TPSA) is 51.8 Å². The molecule has 0 saturated carbocycles. The second-order valence-electron chi connectivity index (χ2n) is 3.48. The van der Waals surface area contributed by atoms with Crippen LogP contribution in [0.25, 0.3) is 0 Å². The standard InChI is InChI=1S/C11H12N4/c12-9-10-5-1-2-6-11(10)13-14-15-7-3-4-8-15/h1-2,5-6H,3-4,7-8H2. The van der Waals surface area contributed by atoms with Gasteiger partial charge in [-0.05, 0) is 25.0 Å². The fourth-order valence-corrected chi connectivity index (χ4v) is 1.56. The molecule has 1 aliphatic heterocycles. The highest BCUT2D eigenvalue weighted by Gasteiger charge is 2.08. The van der Waals surface area contributed by atoms with Gasteiger partial charge >= 0.3 is 0 Å². The van der Waals surface area contributed by atoms with Crippen molar-refractivity contribution in [3.63, 3.8) is 0 Å². The van der Waals surface area contributed by atoms with Gasteiger partial charge in [-0.25, -0.2) is 0 Å². The van der Waals surface area contributed by atoms with E-state index in [0.29, 0.717) is 11.3 Å². The minimum atomic E-state index is 0.570. The quantitative estimate of drug-likeness (QED) is 0.689. The van der Waals surface area contributed by atoms with Crippen molar-refractivity contribution in [1.29, 1.82) is 5.26 Å². The predicted octanol–water partition coefficient (Wildman–Crippen LogP) is 2.65. The molecule has 1 aromatic rings. The van der Waals surface area contributed by atoms with Crippen LogP contribution >= 0.6 is 0 Å². The maximum atomic E-state index is 8.85. The molecule has 0 aliphatic carbocycles. The van der Waals surface area contributed by atoms with Gasteiger partial charge in [-0.1, -0.05) is 17.4 Å². The largest absolute Gasteiger partial charge is 0.278 e. The van der Waals surface area contributed by atoms with Crippen molar-refractivity contribution in [2.45, 2.75) is 12.8 Å². The Bertz CT molecular complexity index is 399. The Kier molecular flexibility index (Phi) is 2.93. The Morgan fingerprint density at radius 1 is 1.20 bits per heavy atom. The Labute approximate surface area is 88.8 Å². The first kappa shape index (κ1) is 9.66. The summed E-state index contributed by atoms with van der Waals surface area (Å²) in [5, 5.41) is 19.0. The maximum Gasteiger partial charge on any atom is 0.105 e. The number of benzene rings is 1. The lowest BCUT2D eigenvalue weighted by Gasteiger charge is -2.06. The minimum absolute atomic E-state index is 0.570. The van der Waals surface area contributed by atoms with Gasteiger partial charge in [-0.3, -0.25) is 5.01 Å². The van der Waals surface area contributed by atoms with Gasteiger partial charge in [0.05, 0.1) is 5.56 Å². The van der Waals surface area contributed by atoms with Crippen LogP contribution in [0, 0.1) is 11.3 Å². The molecular weight excluding hydrogens is 188 g/mol. The van der Waals surface area contributed by atoms with Gasteiger partial charge in [0.25, 0.3) is 0 Å². The molecule has 1 aromatic carbocycles. The van der Waals surface area contributed by atoms with Crippen LogP contribution in [-0.4, -0.2) is 18.1 Å². The molecule has 2 rings (SSSR count). The zero-order chi connectivity index (χ0) is 10.5. The predicted molar refractivity (Wildman–Crippen MR) is 56.5 cm³/mol. The van der Waals surface area contributed by atoms with E-state index in [1.54, 1.807) is 12.1 Å². The minimum Gasteiger partial charge on any atom is -0.278 e. The number of hydrogen-bond acceptors (Lipinski definition) is 3. The molecule has 0 bridgehead atoms. The first-order chi connectivity index (χ1) is 7.40. The average molecular weight is 200 g/mol. The van der Waals surface area contributed by atoms with Crippen molar-refractivity contribution in [3.8, 4) is 6.07 Å². The summed E-state index contributed by atoms with van der Waals surface area (Å²) in [6, 6.07) is 9.34. The summed E-state index contributed by atoms with van der Waals surface area (Å²) in [6.45, 7) is 1.94. The summed E-state index contributed by atoms with van der Waals surface area (Å²) in [7, 11) is 0. The van der Waals surface area contributed by atoms with Gasteiger partial charge in [-0.2, -0.15) is 5.26 Å². The molecule has 15 heavy (non-hydrogen) atoms. The van der Waals surface area contributed by atoms with Crippen LogP contribution < -0.4 is 0 Å². The SMILES string of the molecule is N#Cc1ccccc1N=NN1CCCC1. The van der Waals surface area contributed by atoms with Crippen molar-refractivity contribution in [1.82, 2.24) is 5.01 Å². The molecule has 0 unspecified atom stereocenters. The molecule has 0 aromatic heterocycles. The van der Waals surface area contributed by atoms with E-state index in [9.17, 15) is 0 Å². The van der Waals surface area contributed by atoms with Crippen LogP contribution in [0.1, 0.15) is 18.4 Å². The molecule has 0 N–H and O–H groups in total. The molecule has 0 spiro atoms. The van der Waals surface area contributed by atoms with Crippen LogP contribution in [0.3, 0.4) is 0 Å². The van der Waals surface area contributed by atoms with Gasteiger partial charge in [0, 0.05) is 13.1 Å². The van der Waals surface area contributed by atoms with Gasteiger partial charge < -0.3 is 0 Å². The molecular formula is C11H12N4. The fourth-order valence-electron chi connectivity index (χ4n) is 1.56. The van der Waals surface area contributed by atoms with E-state index in [0.717, 1.165) is 13.1 Å². The van der Waals surface area contributed by atoms with Crippen molar-refractivity contribution < 1.29 is 0 Å². The number of hydrogen-bond donors (Lipinski definition) is 0. The molecule has 0 atom stereocenters. The number of nitrogens with zero attached hydrogens (tertiary/aromatic N) is 4. The van der Waals surface area contributed by atoms with Crippen molar-refractivity contribution in [2.24, 2.45) is 10.3 Å². The summed E-state index contributed by atoms with van der Waals surface area (Å²) in [5.74, 6) is 0. The fraction of sp³-hybridized carbons (Fsp3) is 0.364. The van der Waals surface area contributed by atoms with E-state index in [1.165, 1.54) is 12.8 Å². The van der Waals surface area contributed by atoms with Crippen molar-refractivity contribution >= 4 is 5.69 Å². The number of rotatable bonds is 2. The Morgan fingerprint density at radius 3 is 2.67 bits per heavy atom. The van der Waals surface area contributed by atoms with Gasteiger partial charge in [0.2, 0.25) is 0 Å². The second-order valence-corrected chi connectivity index (χ2v) is 3.48. The third-order valence-corrected chi connectivity index (χ3v) is 2.39. The summed E-state index contributed by atoms with van der Waals surface area (Å²) in [5.41, 5.74) is 1.22. The highest BCUT2D eigenvalue weighted by Crippen LogP contribution is 2.19. The lowest BCUT2D eigenvalue weighted by atomic mass is 10.2. The van der Waals surface area contributed by atoms with Gasteiger partial charge in [0.15, 0.2) is 0 Å². The molecule has 4 heteroatoms. The van der Waals surface area contributed by atoms with Crippen LogP contribution in [0.4, 0.5) is 5.69 Å². The van der Waals surface area contributed by atoms with Crippen LogP contribution in [0.2, 0.25) is 0 Å². The Hall–Kier alpha value is -1.89. The highest BCUT2D eigenvalue weighted by atomic mass is 15.5. The number of nitriles is 1. The van der Waals surface area contributed by atoms with Gasteiger partial charge in [-0.15, -0.1) is 5.11 Å². The van der Waals surface area contributed by atoms with Crippen LogP contribution in [-0.2, 0) is 0 Å². The summed E-state index contributed by atoms with van der Waals surface area (Å²) < 4.78 is 0. The molecule has 1 fully saturated rings. The first-order valence-corrected chi connectivity index (χ1v) is 5.06. The van der Waals surface area contributed by atoms with E-state index < -0.39 is 0 Å². The highest BCUT2D eigenvalue weighted by molar-refractivity contribution is 5.52. The molecule has 0 radical (unpaired) electrons. The lowest BCUT2D eigenvalue weighted by Crippen LogP contribution is -2.09. The molecule has 0 amide bonds. The molecule has 1 saturated heterocycles. The summed E-state index contributed by atoms with van der Waals surface area (Å²) in [6.07, 6.45) is 2.36. The van der Waals surface area contributed by atoms with E-state index in [2.05, 4.69) is 16.4 Å². The summed E-state index contributed by atoms with van der Waals surface area (Å²) >= 11 is 0. The Morgan fingerprint density at radius 2 is 1.93 bits per heavy atom. The van der Waals surface area contributed by atoms with E-state index in [-0.39, 0.29) is 0 Å². The molecule has 4 nitrogen and oxygen atoms in total. The third kappa shape index (κ3) is 2.32. The van der Waals surface area contributed by atoms with Crippen molar-refractivity contribution in [3.05, 3.63) is 29.8 Å². The second kappa shape index (κ2) is 4.56. The van der Waals surface area contributed by atoms with Crippen LogP contribution in [0.15, 0.2) is 34.6 Å².